The number of fused-ring (bicyclic) bond motifs is 1. The zero-order chi connectivity index (χ0) is 16.0. The number of hydrogen-bond donors (Lipinski definition) is 0. The van der Waals surface area contributed by atoms with Gasteiger partial charge in [0, 0.05) is 12.5 Å². The first-order chi connectivity index (χ1) is 11.1. The number of sulfonamides is 1. The van der Waals surface area contributed by atoms with E-state index in [0.29, 0.717) is 17.4 Å². The van der Waals surface area contributed by atoms with Crippen LogP contribution in [0.5, 0.6) is 0 Å². The predicted octanol–water partition coefficient (Wildman–Crippen LogP) is 3.54. The van der Waals surface area contributed by atoms with E-state index in [0.717, 1.165) is 11.1 Å². The summed E-state index contributed by atoms with van der Waals surface area (Å²) < 4.78 is 28.0. The van der Waals surface area contributed by atoms with E-state index >= 15 is 0 Å². The first-order valence-electron chi connectivity index (χ1n) is 7.89. The molecule has 118 valence electrons. The molecule has 1 fully saturated rings. The molecule has 1 aliphatic heterocycles. The summed E-state index contributed by atoms with van der Waals surface area (Å²) in [7, 11) is -3.49. The second-order valence-electron chi connectivity index (χ2n) is 6.37. The molecule has 3 atom stereocenters. The molecule has 0 N–H and O–H groups in total. The van der Waals surface area contributed by atoms with E-state index in [1.165, 1.54) is 0 Å². The Morgan fingerprint density at radius 2 is 1.65 bits per heavy atom. The van der Waals surface area contributed by atoms with Crippen LogP contribution >= 0.6 is 0 Å². The van der Waals surface area contributed by atoms with Gasteiger partial charge in [0.15, 0.2) is 0 Å². The van der Waals surface area contributed by atoms with Crippen LogP contribution in [-0.4, -0.2) is 19.3 Å². The van der Waals surface area contributed by atoms with Crippen LogP contribution in [0.25, 0.3) is 0 Å². The average molecular weight is 325 g/mol. The molecule has 1 heterocycles. The van der Waals surface area contributed by atoms with Crippen LogP contribution in [0.1, 0.15) is 17.2 Å². The molecule has 0 radical (unpaired) electrons. The lowest BCUT2D eigenvalue weighted by Gasteiger charge is -2.29. The van der Waals surface area contributed by atoms with Gasteiger partial charge in [-0.25, -0.2) is 8.42 Å². The van der Waals surface area contributed by atoms with Crippen molar-refractivity contribution in [1.82, 2.24) is 4.31 Å². The maximum Gasteiger partial charge on any atom is 0.243 e. The molecule has 4 rings (SSSR count). The molecule has 4 heteroatoms. The molecule has 1 aliphatic carbocycles. The van der Waals surface area contributed by atoms with Crippen molar-refractivity contribution in [2.45, 2.75) is 17.9 Å². The molecule has 0 amide bonds. The largest absolute Gasteiger partial charge is 0.243 e. The standard InChI is InChI=1S/C19H19NO2S/c1-14-7-10-17(11-8-14)23(21,22)20-13-16-9-12-18(16)19(20)15-5-3-2-4-6-15/h2-12,16,18-19H,13H2,1H3/t16-,18-,19+/m0/s1. The molecule has 23 heavy (non-hydrogen) atoms. The molecule has 0 spiro atoms. The first kappa shape index (κ1) is 14.7. The lowest BCUT2D eigenvalue weighted by atomic mass is 9.79. The minimum atomic E-state index is -3.49. The fraction of sp³-hybridized carbons (Fsp3) is 0.263. The number of nitrogens with zero attached hydrogens (tertiary/aromatic N) is 1. The Hall–Kier alpha value is -1.91. The predicted molar refractivity (Wildman–Crippen MR) is 90.4 cm³/mol. The molecular weight excluding hydrogens is 306 g/mol. The van der Waals surface area contributed by atoms with E-state index in [9.17, 15) is 8.42 Å². The molecule has 0 saturated carbocycles. The Kier molecular flexibility index (Phi) is 3.39. The van der Waals surface area contributed by atoms with Gasteiger partial charge in [-0.05, 0) is 30.5 Å². The van der Waals surface area contributed by atoms with Crippen LogP contribution in [-0.2, 0) is 10.0 Å². The van der Waals surface area contributed by atoms with Gasteiger partial charge in [-0.3, -0.25) is 0 Å². The fourth-order valence-corrected chi connectivity index (χ4v) is 5.24. The Balaban J connectivity index is 1.76. The molecule has 0 bridgehead atoms. The minimum absolute atomic E-state index is 0.0995. The maximum atomic E-state index is 13.1. The van der Waals surface area contributed by atoms with Gasteiger partial charge in [0.1, 0.15) is 0 Å². The third-order valence-electron chi connectivity index (χ3n) is 4.91. The fourth-order valence-electron chi connectivity index (χ4n) is 3.56. The molecule has 2 aromatic rings. The van der Waals surface area contributed by atoms with Crippen LogP contribution in [0, 0.1) is 18.8 Å². The van der Waals surface area contributed by atoms with Crippen molar-refractivity contribution in [2.75, 3.05) is 6.54 Å². The van der Waals surface area contributed by atoms with Crippen molar-refractivity contribution >= 4 is 10.0 Å². The summed E-state index contributed by atoms with van der Waals surface area (Å²) in [4.78, 5) is 0.380. The first-order valence-corrected chi connectivity index (χ1v) is 9.33. The van der Waals surface area contributed by atoms with Crippen LogP contribution in [0.15, 0.2) is 71.6 Å². The number of aryl methyl sites for hydroxylation is 1. The second-order valence-corrected chi connectivity index (χ2v) is 8.26. The van der Waals surface area contributed by atoms with Crippen molar-refractivity contribution in [3.63, 3.8) is 0 Å². The number of benzene rings is 2. The molecule has 2 aliphatic rings. The summed E-state index contributed by atoms with van der Waals surface area (Å²) >= 11 is 0. The Morgan fingerprint density at radius 3 is 2.26 bits per heavy atom. The smallest absolute Gasteiger partial charge is 0.207 e. The van der Waals surface area contributed by atoms with E-state index < -0.39 is 10.0 Å². The zero-order valence-electron chi connectivity index (χ0n) is 13.0. The van der Waals surface area contributed by atoms with Gasteiger partial charge >= 0.3 is 0 Å². The van der Waals surface area contributed by atoms with Gasteiger partial charge in [-0.1, -0.05) is 60.2 Å². The molecule has 0 unspecified atom stereocenters. The van der Waals surface area contributed by atoms with E-state index in [-0.39, 0.29) is 12.0 Å². The summed E-state index contributed by atoms with van der Waals surface area (Å²) in [6.45, 7) is 2.53. The monoisotopic (exact) mass is 325 g/mol. The molecule has 1 saturated heterocycles. The second kappa shape index (κ2) is 5.32. The zero-order valence-corrected chi connectivity index (χ0v) is 13.8. The highest BCUT2D eigenvalue weighted by Gasteiger charge is 2.48. The average Bonchev–Trinajstić information content (AvgIpc) is 2.80. The van der Waals surface area contributed by atoms with Gasteiger partial charge in [-0.15, -0.1) is 0 Å². The SMILES string of the molecule is Cc1ccc(S(=O)(=O)N2C[C@@H]3C=C[C@@H]3[C@H]2c2ccccc2)cc1. The lowest BCUT2D eigenvalue weighted by molar-refractivity contribution is 0.366. The summed E-state index contributed by atoms with van der Waals surface area (Å²) in [6.07, 6.45) is 4.28. The molecule has 2 aromatic carbocycles. The van der Waals surface area contributed by atoms with Gasteiger partial charge < -0.3 is 0 Å². The van der Waals surface area contributed by atoms with Crippen molar-refractivity contribution in [3.05, 3.63) is 77.9 Å². The van der Waals surface area contributed by atoms with E-state index in [2.05, 4.69) is 12.2 Å². The lowest BCUT2D eigenvalue weighted by Crippen LogP contribution is -2.31. The van der Waals surface area contributed by atoms with Gasteiger partial charge in [0.25, 0.3) is 0 Å². The summed E-state index contributed by atoms with van der Waals surface area (Å²) in [6, 6.07) is 17.0. The van der Waals surface area contributed by atoms with Crippen LogP contribution in [0.2, 0.25) is 0 Å². The van der Waals surface area contributed by atoms with Crippen LogP contribution < -0.4 is 0 Å². The van der Waals surface area contributed by atoms with Crippen LogP contribution in [0.4, 0.5) is 0 Å². The Labute approximate surface area is 137 Å². The maximum absolute atomic E-state index is 13.1. The highest BCUT2D eigenvalue weighted by atomic mass is 32.2. The van der Waals surface area contributed by atoms with E-state index in [1.54, 1.807) is 16.4 Å². The quantitative estimate of drug-likeness (QED) is 0.810. The summed E-state index contributed by atoms with van der Waals surface area (Å²) in [5, 5.41) is 0. The normalized spacial score (nSPS) is 26.7. The number of hydrogen-bond acceptors (Lipinski definition) is 2. The topological polar surface area (TPSA) is 37.4 Å². The van der Waals surface area contributed by atoms with Crippen molar-refractivity contribution in [3.8, 4) is 0 Å². The third-order valence-corrected chi connectivity index (χ3v) is 6.77. The van der Waals surface area contributed by atoms with Gasteiger partial charge in [0.2, 0.25) is 10.0 Å². The summed E-state index contributed by atoms with van der Waals surface area (Å²) in [5.41, 5.74) is 2.13. The molecular formula is C19H19NO2S. The number of rotatable bonds is 3. The van der Waals surface area contributed by atoms with Crippen molar-refractivity contribution < 1.29 is 8.42 Å². The third kappa shape index (κ3) is 2.33. The Bertz CT molecular complexity index is 841. The summed E-state index contributed by atoms with van der Waals surface area (Å²) in [5.74, 6) is 0.623. The van der Waals surface area contributed by atoms with Gasteiger partial charge in [-0.2, -0.15) is 4.31 Å². The minimum Gasteiger partial charge on any atom is -0.207 e. The highest BCUT2D eigenvalue weighted by molar-refractivity contribution is 7.89. The van der Waals surface area contributed by atoms with Crippen LogP contribution in [0.3, 0.4) is 0 Å². The van der Waals surface area contributed by atoms with E-state index in [4.69, 9.17) is 0 Å². The van der Waals surface area contributed by atoms with E-state index in [1.807, 2.05) is 49.4 Å². The molecule has 0 aromatic heterocycles. The van der Waals surface area contributed by atoms with Gasteiger partial charge in [0.05, 0.1) is 10.9 Å². The highest BCUT2D eigenvalue weighted by Crippen LogP contribution is 2.49. The van der Waals surface area contributed by atoms with Crippen molar-refractivity contribution in [1.29, 1.82) is 0 Å². The Morgan fingerprint density at radius 1 is 0.957 bits per heavy atom. The molecule has 3 nitrogen and oxygen atoms in total. The van der Waals surface area contributed by atoms with Crippen molar-refractivity contribution in [2.24, 2.45) is 11.8 Å².